The van der Waals surface area contributed by atoms with Crippen LogP contribution in [0.25, 0.3) is 10.6 Å². The monoisotopic (exact) mass is 550 g/mol. The number of nitriles is 1. The maximum absolute atomic E-state index is 13.6. The molecule has 1 amide bonds. The molecule has 0 saturated heterocycles. The minimum Gasteiger partial charge on any atom is -0.493 e. The molecule has 0 radical (unpaired) electrons. The predicted molar refractivity (Wildman–Crippen MR) is 142 cm³/mol. The third-order valence-electron chi connectivity index (χ3n) is 5.35. The molecular weight excluding hydrogens is 528 g/mol. The van der Waals surface area contributed by atoms with Gasteiger partial charge in [0, 0.05) is 22.9 Å². The van der Waals surface area contributed by atoms with Gasteiger partial charge in [0.1, 0.15) is 11.3 Å². The van der Waals surface area contributed by atoms with E-state index < -0.39 is 15.6 Å². The highest BCUT2D eigenvalue weighted by Gasteiger charge is 2.25. The van der Waals surface area contributed by atoms with Crippen LogP contribution in [0.2, 0.25) is 0 Å². The molecule has 1 atom stereocenters. The number of hydrogen-bond donors (Lipinski definition) is 2. The third kappa shape index (κ3) is 5.56. The maximum atomic E-state index is 13.6. The summed E-state index contributed by atoms with van der Waals surface area (Å²) in [6, 6.07) is 12.9. The van der Waals surface area contributed by atoms with Gasteiger partial charge in [-0.15, -0.1) is 10.2 Å². The lowest BCUT2D eigenvalue weighted by atomic mass is 10.1. The molecule has 2 heterocycles. The molecule has 2 N–H and O–H groups in total. The van der Waals surface area contributed by atoms with Crippen molar-refractivity contribution in [3.8, 4) is 39.2 Å². The lowest BCUT2D eigenvalue weighted by molar-refractivity contribution is 0.102. The number of nitrogens with zero attached hydrogens (tertiary/aromatic N) is 4. The van der Waals surface area contributed by atoms with Crippen LogP contribution in [0.3, 0.4) is 0 Å². The van der Waals surface area contributed by atoms with Gasteiger partial charge in [-0.1, -0.05) is 17.4 Å². The van der Waals surface area contributed by atoms with Crippen LogP contribution in [-0.4, -0.2) is 45.8 Å². The topological polar surface area (TPSA) is 160 Å². The van der Waals surface area contributed by atoms with Crippen LogP contribution in [0.5, 0.6) is 22.6 Å². The van der Waals surface area contributed by atoms with Gasteiger partial charge in [0.2, 0.25) is 0 Å². The second kappa shape index (κ2) is 10.8. The minimum atomic E-state index is -2.99. The second-order valence-electron chi connectivity index (χ2n) is 7.95. The van der Waals surface area contributed by atoms with Crippen molar-refractivity contribution in [2.45, 2.75) is 11.8 Å². The van der Waals surface area contributed by atoms with Crippen LogP contribution < -0.4 is 19.5 Å². The zero-order chi connectivity index (χ0) is 27.4. The number of hydrogen-bond acceptors (Lipinski definition) is 11. The lowest BCUT2D eigenvalue weighted by Crippen LogP contribution is -2.17. The van der Waals surface area contributed by atoms with Gasteiger partial charge in [-0.05, 0) is 42.8 Å². The van der Waals surface area contributed by atoms with Crippen LogP contribution in [0.1, 0.15) is 21.5 Å². The van der Waals surface area contributed by atoms with E-state index in [1.807, 2.05) is 6.07 Å². The third-order valence-corrected chi connectivity index (χ3v) is 7.46. The van der Waals surface area contributed by atoms with E-state index in [0.717, 1.165) is 0 Å². The van der Waals surface area contributed by atoms with Crippen LogP contribution in [-0.2, 0) is 9.73 Å². The number of nitrogens with one attached hydrogen (secondary N) is 2. The van der Waals surface area contributed by atoms with Crippen molar-refractivity contribution >= 4 is 32.7 Å². The largest absolute Gasteiger partial charge is 0.493 e. The summed E-state index contributed by atoms with van der Waals surface area (Å²) in [6.45, 7) is 1.70. The van der Waals surface area contributed by atoms with E-state index >= 15 is 0 Å². The van der Waals surface area contributed by atoms with E-state index in [0.29, 0.717) is 32.6 Å². The van der Waals surface area contributed by atoms with Crippen LogP contribution >= 0.6 is 11.3 Å². The van der Waals surface area contributed by atoms with Gasteiger partial charge in [0.25, 0.3) is 17.0 Å². The molecular formula is C25H22N6O5S2. The Kier molecular flexibility index (Phi) is 7.56. The average Bonchev–Trinajstić information content (AvgIpc) is 3.37. The number of carbonyl (C=O) groups is 1. The Morgan fingerprint density at radius 1 is 1.13 bits per heavy atom. The average molecular weight is 551 g/mol. The predicted octanol–water partition coefficient (Wildman–Crippen LogP) is 4.88. The fraction of sp³-hybridized carbons (Fsp3) is 0.160. The number of aromatic nitrogens is 3. The van der Waals surface area contributed by atoms with E-state index in [1.165, 1.54) is 50.0 Å². The van der Waals surface area contributed by atoms with Crippen molar-refractivity contribution in [2.24, 2.45) is 0 Å². The summed E-state index contributed by atoms with van der Waals surface area (Å²) in [5, 5.41) is 20.9. The number of methoxy groups -OCH3 is 2. The summed E-state index contributed by atoms with van der Waals surface area (Å²) in [5.41, 5.74) is 1.66. The molecule has 0 bridgehead atoms. The van der Waals surface area contributed by atoms with Gasteiger partial charge in [-0.3, -0.25) is 4.79 Å². The van der Waals surface area contributed by atoms with Gasteiger partial charge >= 0.3 is 0 Å². The Morgan fingerprint density at radius 2 is 1.92 bits per heavy atom. The first-order chi connectivity index (χ1) is 18.1. The highest BCUT2D eigenvalue weighted by atomic mass is 32.2. The van der Waals surface area contributed by atoms with Crippen molar-refractivity contribution in [1.29, 1.82) is 10.0 Å². The molecule has 0 aliphatic heterocycles. The first-order valence-corrected chi connectivity index (χ1v) is 13.7. The Hall–Kier alpha value is -4.54. The number of thiazole rings is 1. The highest BCUT2D eigenvalue weighted by molar-refractivity contribution is 7.91. The van der Waals surface area contributed by atoms with Crippen molar-refractivity contribution < 1.29 is 23.2 Å². The quantitative estimate of drug-likeness (QED) is 0.312. The number of amides is 1. The molecule has 0 saturated carbocycles. The molecule has 2 aromatic carbocycles. The Labute approximate surface area is 223 Å². The zero-order valence-electron chi connectivity index (χ0n) is 20.8. The van der Waals surface area contributed by atoms with Crippen LogP contribution in [0.15, 0.2) is 53.6 Å². The summed E-state index contributed by atoms with van der Waals surface area (Å²) in [5.74, 6) is -0.169. The second-order valence-corrected chi connectivity index (χ2v) is 11.1. The number of ether oxygens (including phenoxy) is 3. The molecule has 1 unspecified atom stereocenters. The molecule has 0 fully saturated rings. The standard InChI is InChI=1S/C25H22N6O5S2/c1-14-21(23(32)29-16-6-5-7-17(11-16)38(4,27)33)24(31-30-22(14)20-13-28-25(35-3)37-20)36-18-9-8-15(12-26)10-19(18)34-2/h5-11,13,27H,1-4H3,(H,29,32). The van der Waals surface area contributed by atoms with E-state index in [-0.39, 0.29) is 27.8 Å². The summed E-state index contributed by atoms with van der Waals surface area (Å²) < 4.78 is 36.6. The van der Waals surface area contributed by atoms with Crippen molar-refractivity contribution in [3.63, 3.8) is 0 Å². The van der Waals surface area contributed by atoms with E-state index in [1.54, 1.807) is 37.4 Å². The number of benzene rings is 2. The molecule has 13 heteroatoms. The normalized spacial score (nSPS) is 12.2. The van der Waals surface area contributed by atoms with E-state index in [4.69, 9.17) is 19.0 Å². The molecule has 38 heavy (non-hydrogen) atoms. The number of rotatable bonds is 8. The first kappa shape index (κ1) is 26.5. The number of anilines is 1. The van der Waals surface area contributed by atoms with Crippen LogP contribution in [0.4, 0.5) is 5.69 Å². The molecule has 4 aromatic rings. The number of carbonyl (C=O) groups excluding carboxylic acids is 1. The van der Waals surface area contributed by atoms with Gasteiger partial charge in [0.05, 0.1) is 46.7 Å². The van der Waals surface area contributed by atoms with Crippen molar-refractivity contribution in [3.05, 3.63) is 65.4 Å². The summed E-state index contributed by atoms with van der Waals surface area (Å²) in [4.78, 5) is 18.7. The van der Waals surface area contributed by atoms with Gasteiger partial charge in [0.15, 0.2) is 11.5 Å². The smallest absolute Gasteiger partial charge is 0.273 e. The summed E-state index contributed by atoms with van der Waals surface area (Å²) in [6.07, 6.45) is 2.87. The molecule has 2 aromatic heterocycles. The van der Waals surface area contributed by atoms with Crippen LogP contribution in [0, 0.1) is 23.0 Å². The molecule has 11 nitrogen and oxygen atoms in total. The van der Waals surface area contributed by atoms with Crippen molar-refractivity contribution in [1.82, 2.24) is 15.2 Å². The molecule has 4 rings (SSSR count). The zero-order valence-corrected chi connectivity index (χ0v) is 22.4. The Bertz CT molecular complexity index is 1680. The van der Waals surface area contributed by atoms with Crippen molar-refractivity contribution in [2.75, 3.05) is 25.8 Å². The SMILES string of the molecule is COc1ncc(-c2nnc(Oc3ccc(C#N)cc3OC)c(C(=O)Nc3cccc(S(C)(=N)=O)c3)c2C)s1. The summed E-state index contributed by atoms with van der Waals surface area (Å²) in [7, 11) is -0.0605. The highest BCUT2D eigenvalue weighted by Crippen LogP contribution is 2.37. The van der Waals surface area contributed by atoms with Gasteiger partial charge < -0.3 is 19.5 Å². The molecule has 0 spiro atoms. The first-order valence-electron chi connectivity index (χ1n) is 10.9. The minimum absolute atomic E-state index is 0.0855. The van der Waals surface area contributed by atoms with E-state index in [9.17, 15) is 14.3 Å². The fourth-order valence-corrected chi connectivity index (χ4v) is 4.93. The van der Waals surface area contributed by atoms with Gasteiger partial charge in [-0.25, -0.2) is 14.0 Å². The maximum Gasteiger partial charge on any atom is 0.273 e. The van der Waals surface area contributed by atoms with Gasteiger partial charge in [-0.2, -0.15) is 5.26 Å². The lowest BCUT2D eigenvalue weighted by Gasteiger charge is -2.16. The summed E-state index contributed by atoms with van der Waals surface area (Å²) >= 11 is 1.24. The Morgan fingerprint density at radius 3 is 2.58 bits per heavy atom. The molecule has 194 valence electrons. The molecule has 0 aliphatic rings. The molecule has 0 aliphatic carbocycles. The fourth-order valence-electron chi connectivity index (χ4n) is 3.47. The Balaban J connectivity index is 1.81. The van der Waals surface area contributed by atoms with E-state index in [2.05, 4.69) is 20.5 Å².